The van der Waals surface area contributed by atoms with Crippen molar-refractivity contribution in [2.45, 2.75) is 19.1 Å². The molecule has 0 aliphatic carbocycles. The van der Waals surface area contributed by atoms with E-state index in [0.29, 0.717) is 25.4 Å². The van der Waals surface area contributed by atoms with Gasteiger partial charge in [-0.1, -0.05) is 0 Å². The van der Waals surface area contributed by atoms with Gasteiger partial charge in [-0.05, 0) is 30.0 Å². The molecule has 4 rings (SSSR count). The summed E-state index contributed by atoms with van der Waals surface area (Å²) in [6.45, 7) is 2.65. The maximum Gasteiger partial charge on any atom is 0.270 e. The molecule has 1 atom stereocenters. The first-order chi connectivity index (χ1) is 11.3. The molecule has 0 bridgehead atoms. The van der Waals surface area contributed by atoms with Crippen LogP contribution in [0.25, 0.3) is 10.2 Å². The number of hydrogen-bond acceptors (Lipinski definition) is 4. The van der Waals surface area contributed by atoms with E-state index in [9.17, 15) is 4.79 Å². The zero-order chi connectivity index (χ0) is 15.6. The maximum absolute atomic E-state index is 12.8. The highest BCUT2D eigenvalue weighted by Crippen LogP contribution is 2.22. The topological polar surface area (TPSA) is 63.1 Å². The molecular formula is C16H18N4O2S. The van der Waals surface area contributed by atoms with Gasteiger partial charge in [0.05, 0.1) is 22.9 Å². The number of aromatic amines is 1. The van der Waals surface area contributed by atoms with Gasteiger partial charge in [-0.15, -0.1) is 11.3 Å². The molecule has 1 fully saturated rings. The van der Waals surface area contributed by atoms with Crippen LogP contribution in [0, 0.1) is 0 Å². The lowest BCUT2D eigenvalue weighted by Gasteiger charge is -2.23. The summed E-state index contributed by atoms with van der Waals surface area (Å²) in [6.07, 6.45) is 4.50. The van der Waals surface area contributed by atoms with Crippen molar-refractivity contribution in [1.29, 1.82) is 0 Å². The van der Waals surface area contributed by atoms with E-state index in [-0.39, 0.29) is 12.0 Å². The second-order valence-corrected chi connectivity index (χ2v) is 6.65. The average molecular weight is 330 g/mol. The Labute approximate surface area is 137 Å². The van der Waals surface area contributed by atoms with Crippen LogP contribution in [0.4, 0.5) is 0 Å². The number of carbonyl (C=O) groups excluding carboxylic acids is 1. The van der Waals surface area contributed by atoms with E-state index in [2.05, 4.69) is 10.1 Å². The van der Waals surface area contributed by atoms with Crippen LogP contribution in [0.3, 0.4) is 0 Å². The van der Waals surface area contributed by atoms with Crippen molar-refractivity contribution >= 4 is 27.5 Å². The summed E-state index contributed by atoms with van der Waals surface area (Å²) >= 11 is 1.64. The zero-order valence-electron chi connectivity index (χ0n) is 12.6. The van der Waals surface area contributed by atoms with E-state index in [1.807, 2.05) is 39.4 Å². The monoisotopic (exact) mass is 330 g/mol. The Morgan fingerprint density at radius 2 is 2.48 bits per heavy atom. The minimum Gasteiger partial charge on any atom is -0.374 e. The number of hydrogen-bond donors (Lipinski definition) is 1. The molecule has 3 aromatic rings. The Hall–Kier alpha value is -2.12. The Morgan fingerprint density at radius 3 is 3.30 bits per heavy atom. The van der Waals surface area contributed by atoms with Gasteiger partial charge in [-0.3, -0.25) is 9.48 Å². The molecule has 7 heteroatoms. The van der Waals surface area contributed by atoms with E-state index in [1.165, 1.54) is 0 Å². The van der Waals surface area contributed by atoms with Crippen molar-refractivity contribution in [3.63, 3.8) is 0 Å². The predicted molar refractivity (Wildman–Crippen MR) is 88.7 cm³/mol. The quantitative estimate of drug-likeness (QED) is 0.802. The second kappa shape index (κ2) is 6.17. The van der Waals surface area contributed by atoms with Crippen LogP contribution < -0.4 is 0 Å². The summed E-state index contributed by atoms with van der Waals surface area (Å²) in [7, 11) is 0. The normalized spacial score (nSPS) is 19.1. The lowest BCUT2D eigenvalue weighted by Crippen LogP contribution is -2.38. The number of H-pyrrole nitrogens is 1. The molecule has 1 saturated heterocycles. The molecule has 1 aliphatic rings. The Morgan fingerprint density at radius 1 is 1.52 bits per heavy atom. The number of thiophene rings is 1. The fraction of sp³-hybridized carbons (Fsp3) is 0.375. The SMILES string of the molecule is O=C(c1cc2sccc2[nH]1)N1CCCOC(Cn2cccn2)C1. The molecule has 1 amide bonds. The van der Waals surface area contributed by atoms with Crippen LogP contribution in [0.2, 0.25) is 0 Å². The minimum atomic E-state index is -0.0302. The van der Waals surface area contributed by atoms with Crippen molar-refractivity contribution in [3.05, 3.63) is 41.7 Å². The van der Waals surface area contributed by atoms with Crippen molar-refractivity contribution in [1.82, 2.24) is 19.7 Å². The molecule has 4 heterocycles. The van der Waals surface area contributed by atoms with Crippen LogP contribution in [0.15, 0.2) is 36.0 Å². The van der Waals surface area contributed by atoms with Crippen molar-refractivity contribution in [2.24, 2.45) is 0 Å². The van der Waals surface area contributed by atoms with Gasteiger partial charge in [0.2, 0.25) is 0 Å². The third-order valence-electron chi connectivity index (χ3n) is 4.06. The third kappa shape index (κ3) is 3.02. The molecule has 23 heavy (non-hydrogen) atoms. The number of nitrogens with zero attached hydrogens (tertiary/aromatic N) is 3. The van der Waals surface area contributed by atoms with Gasteiger partial charge in [0, 0.05) is 32.1 Å². The summed E-state index contributed by atoms with van der Waals surface area (Å²) in [4.78, 5) is 17.9. The molecule has 1 N–H and O–H groups in total. The zero-order valence-corrected chi connectivity index (χ0v) is 13.5. The molecule has 0 spiro atoms. The number of rotatable bonds is 3. The largest absolute Gasteiger partial charge is 0.374 e. The van der Waals surface area contributed by atoms with Gasteiger partial charge in [0.15, 0.2) is 0 Å². The lowest BCUT2D eigenvalue weighted by molar-refractivity contribution is 0.0366. The highest BCUT2D eigenvalue weighted by molar-refractivity contribution is 7.17. The Balaban J connectivity index is 1.49. The van der Waals surface area contributed by atoms with Crippen molar-refractivity contribution in [3.8, 4) is 0 Å². The predicted octanol–water partition coefficient (Wildman–Crippen LogP) is 2.36. The highest BCUT2D eigenvalue weighted by Gasteiger charge is 2.25. The lowest BCUT2D eigenvalue weighted by atomic mass is 10.3. The first kappa shape index (κ1) is 14.5. The van der Waals surface area contributed by atoms with Crippen molar-refractivity contribution in [2.75, 3.05) is 19.7 Å². The number of amides is 1. The van der Waals surface area contributed by atoms with Crippen molar-refractivity contribution < 1.29 is 9.53 Å². The molecule has 0 aromatic carbocycles. The summed E-state index contributed by atoms with van der Waals surface area (Å²) in [6, 6.07) is 5.84. The molecule has 6 nitrogen and oxygen atoms in total. The minimum absolute atomic E-state index is 0.0302. The first-order valence-electron chi connectivity index (χ1n) is 7.74. The molecule has 0 radical (unpaired) electrons. The van der Waals surface area contributed by atoms with E-state index in [4.69, 9.17) is 4.74 Å². The second-order valence-electron chi connectivity index (χ2n) is 5.71. The van der Waals surface area contributed by atoms with Gasteiger partial charge in [0.1, 0.15) is 5.69 Å². The van der Waals surface area contributed by atoms with Crippen LogP contribution in [0.1, 0.15) is 16.9 Å². The van der Waals surface area contributed by atoms with Crippen LogP contribution in [-0.2, 0) is 11.3 Å². The molecule has 0 saturated carbocycles. The summed E-state index contributed by atoms with van der Waals surface area (Å²) in [5, 5.41) is 6.24. The van der Waals surface area contributed by atoms with Crippen LogP contribution >= 0.6 is 11.3 Å². The molecule has 1 unspecified atom stereocenters. The molecule has 1 aliphatic heterocycles. The smallest absolute Gasteiger partial charge is 0.270 e. The summed E-state index contributed by atoms with van der Waals surface area (Å²) in [5.74, 6) is 0.0457. The summed E-state index contributed by atoms with van der Waals surface area (Å²) in [5.41, 5.74) is 1.68. The van der Waals surface area contributed by atoms with Gasteiger partial charge in [-0.25, -0.2) is 0 Å². The fourth-order valence-electron chi connectivity index (χ4n) is 2.94. The number of carbonyl (C=O) groups is 1. The Kier molecular flexibility index (Phi) is 3.88. The molecular weight excluding hydrogens is 312 g/mol. The Bertz CT molecular complexity index is 764. The third-order valence-corrected chi connectivity index (χ3v) is 4.92. The van der Waals surface area contributed by atoms with Crippen LogP contribution in [-0.4, -0.2) is 51.4 Å². The van der Waals surface area contributed by atoms with E-state index in [0.717, 1.165) is 23.2 Å². The summed E-state index contributed by atoms with van der Waals surface area (Å²) < 4.78 is 8.84. The number of fused-ring (bicyclic) bond motifs is 1. The number of aromatic nitrogens is 3. The first-order valence-corrected chi connectivity index (χ1v) is 8.62. The van der Waals surface area contributed by atoms with E-state index in [1.54, 1.807) is 17.5 Å². The number of nitrogens with one attached hydrogen (secondary N) is 1. The van der Waals surface area contributed by atoms with Crippen LogP contribution in [0.5, 0.6) is 0 Å². The van der Waals surface area contributed by atoms with Gasteiger partial charge >= 0.3 is 0 Å². The average Bonchev–Trinajstić information content (AvgIpc) is 3.22. The standard InChI is InChI=1S/C16H18N4O2S/c21-16(14-9-15-13(18-14)3-8-23-15)19-5-2-7-22-12(10-19)11-20-6-1-4-17-20/h1,3-4,6,8-9,12,18H,2,5,7,10-11H2. The maximum atomic E-state index is 12.8. The van der Waals surface area contributed by atoms with Gasteiger partial charge in [0.25, 0.3) is 5.91 Å². The number of ether oxygens (including phenoxy) is 1. The van der Waals surface area contributed by atoms with Gasteiger partial charge < -0.3 is 14.6 Å². The van der Waals surface area contributed by atoms with E-state index < -0.39 is 0 Å². The molecule has 3 aromatic heterocycles. The van der Waals surface area contributed by atoms with Gasteiger partial charge in [-0.2, -0.15) is 5.10 Å². The van der Waals surface area contributed by atoms with E-state index >= 15 is 0 Å². The highest BCUT2D eigenvalue weighted by atomic mass is 32.1. The molecule has 120 valence electrons. The fourth-order valence-corrected chi connectivity index (χ4v) is 3.72.